The Morgan fingerprint density at radius 1 is 1.10 bits per heavy atom. The minimum atomic E-state index is -3.71. The molecule has 2 nitrogen and oxygen atoms in total. The maximum absolute atomic E-state index is 14.2. The van der Waals surface area contributed by atoms with Crippen LogP contribution in [0.1, 0.15) is 5.56 Å². The van der Waals surface area contributed by atoms with E-state index in [2.05, 4.69) is 4.74 Å². The molecule has 0 bridgehead atoms. The molecule has 0 saturated carbocycles. The summed E-state index contributed by atoms with van der Waals surface area (Å²) < 4.78 is 78.1. The first-order chi connectivity index (χ1) is 9.86. The van der Waals surface area contributed by atoms with Crippen LogP contribution in [-0.2, 0) is 4.74 Å². The normalized spacial score (nSPS) is 26.3. The number of allylic oxidation sites excluding steroid dienone is 2. The molecule has 0 heterocycles. The van der Waals surface area contributed by atoms with Gasteiger partial charge in [0.15, 0.2) is 17.8 Å². The van der Waals surface area contributed by atoms with Gasteiger partial charge >= 0.3 is 0 Å². The van der Waals surface area contributed by atoms with E-state index in [0.29, 0.717) is 7.11 Å². The monoisotopic (exact) mass is 306 g/mol. The molecule has 2 atom stereocenters. The first kappa shape index (κ1) is 15.5. The largest absolute Gasteiger partial charge is 0.497 e. The van der Waals surface area contributed by atoms with Gasteiger partial charge in [-0.15, -0.1) is 0 Å². The summed E-state index contributed by atoms with van der Waals surface area (Å²) in [5, 5.41) is 0. The van der Waals surface area contributed by atoms with E-state index in [4.69, 9.17) is 4.74 Å². The summed E-state index contributed by atoms with van der Waals surface area (Å²) in [4.78, 5) is 0. The zero-order valence-corrected chi connectivity index (χ0v) is 11.1. The fraction of sp³-hybridized carbons (Fsp3) is 0.286. The lowest BCUT2D eigenvalue weighted by Crippen LogP contribution is -2.41. The van der Waals surface area contributed by atoms with Crippen molar-refractivity contribution in [2.24, 2.45) is 0 Å². The lowest BCUT2D eigenvalue weighted by molar-refractivity contribution is -0.140. The van der Waals surface area contributed by atoms with Crippen molar-refractivity contribution in [2.75, 3.05) is 14.2 Å². The number of hydrogen-bond donors (Lipinski definition) is 0. The number of rotatable bonds is 3. The van der Waals surface area contributed by atoms with Gasteiger partial charge in [0, 0.05) is 12.7 Å². The lowest BCUT2D eigenvalue weighted by Gasteiger charge is -2.31. The van der Waals surface area contributed by atoms with Crippen LogP contribution in [-0.4, -0.2) is 26.2 Å². The minimum absolute atomic E-state index is 0.180. The summed E-state index contributed by atoms with van der Waals surface area (Å²) in [6.07, 6.45) is -2.87. The van der Waals surface area contributed by atoms with E-state index in [-0.39, 0.29) is 11.3 Å². The van der Waals surface area contributed by atoms with Crippen LogP contribution >= 0.6 is 0 Å². The average molecular weight is 306 g/mol. The SMILES string of the molecule is COc1cccc(C2=C(F)C(F)=C(F)C(F)(OC)C2F)c1. The van der Waals surface area contributed by atoms with E-state index in [0.717, 1.165) is 0 Å². The molecule has 1 aliphatic carbocycles. The lowest BCUT2D eigenvalue weighted by atomic mass is 9.90. The van der Waals surface area contributed by atoms with Crippen molar-refractivity contribution >= 4 is 5.57 Å². The molecule has 2 rings (SSSR count). The second-order valence-electron chi connectivity index (χ2n) is 4.30. The molecule has 7 heteroatoms. The van der Waals surface area contributed by atoms with E-state index in [1.807, 2.05) is 0 Å². The Labute approximate surface area is 117 Å². The van der Waals surface area contributed by atoms with E-state index in [1.54, 1.807) is 0 Å². The summed E-state index contributed by atoms with van der Waals surface area (Å²) in [6.45, 7) is 0. The quantitative estimate of drug-likeness (QED) is 0.780. The number of ether oxygens (including phenoxy) is 2. The summed E-state index contributed by atoms with van der Waals surface area (Å²) in [5.74, 6) is -9.68. The van der Waals surface area contributed by atoms with Crippen LogP contribution < -0.4 is 4.74 Å². The molecule has 2 unspecified atom stereocenters. The maximum atomic E-state index is 14.2. The molecule has 0 saturated heterocycles. The molecular formula is C14H11F5O2. The molecule has 0 amide bonds. The topological polar surface area (TPSA) is 18.5 Å². The highest BCUT2D eigenvalue weighted by Gasteiger charge is 2.54. The van der Waals surface area contributed by atoms with Crippen LogP contribution in [0.2, 0.25) is 0 Å². The molecule has 1 aromatic carbocycles. The molecule has 0 fully saturated rings. The maximum Gasteiger partial charge on any atom is 0.300 e. The minimum Gasteiger partial charge on any atom is -0.497 e. The molecule has 21 heavy (non-hydrogen) atoms. The Bertz CT molecular complexity index is 626. The van der Waals surface area contributed by atoms with E-state index in [1.165, 1.54) is 31.4 Å². The first-order valence-corrected chi connectivity index (χ1v) is 5.85. The summed E-state index contributed by atoms with van der Waals surface area (Å²) >= 11 is 0. The molecule has 0 aliphatic heterocycles. The van der Waals surface area contributed by atoms with Gasteiger partial charge in [-0.2, -0.15) is 0 Å². The van der Waals surface area contributed by atoms with E-state index in [9.17, 15) is 22.0 Å². The Kier molecular flexibility index (Phi) is 4.04. The van der Waals surface area contributed by atoms with Crippen LogP contribution in [0.5, 0.6) is 5.75 Å². The van der Waals surface area contributed by atoms with Crippen molar-refractivity contribution in [3.8, 4) is 5.75 Å². The van der Waals surface area contributed by atoms with Gasteiger partial charge < -0.3 is 9.47 Å². The van der Waals surface area contributed by atoms with Crippen LogP contribution in [0.25, 0.3) is 5.57 Å². The average Bonchev–Trinajstić information content (AvgIpc) is 2.51. The van der Waals surface area contributed by atoms with Crippen molar-refractivity contribution in [1.29, 1.82) is 0 Å². The van der Waals surface area contributed by atoms with Crippen LogP contribution in [0.15, 0.2) is 41.7 Å². The second-order valence-corrected chi connectivity index (χ2v) is 4.30. The highest BCUT2D eigenvalue weighted by atomic mass is 19.2. The Morgan fingerprint density at radius 2 is 1.76 bits per heavy atom. The Balaban J connectivity index is 2.65. The number of methoxy groups -OCH3 is 2. The van der Waals surface area contributed by atoms with Gasteiger partial charge in [0.05, 0.1) is 7.11 Å². The highest BCUT2D eigenvalue weighted by molar-refractivity contribution is 5.77. The standard InChI is InChI=1S/C14H11F5O2/c1-20-8-5-3-4-7(6-8)9-10(15)11(16)13(18)14(19,21-2)12(9)17/h3-6,12H,1-2H3. The molecule has 1 aliphatic rings. The molecule has 1 aromatic rings. The molecule has 0 spiro atoms. The third kappa shape index (κ3) is 2.31. The molecule has 114 valence electrons. The third-order valence-corrected chi connectivity index (χ3v) is 3.18. The number of hydrogen-bond acceptors (Lipinski definition) is 2. The van der Waals surface area contributed by atoms with Gasteiger partial charge in [-0.3, -0.25) is 0 Å². The molecule has 0 N–H and O–H groups in total. The molecule has 0 radical (unpaired) electrons. The molecular weight excluding hydrogens is 295 g/mol. The smallest absolute Gasteiger partial charge is 0.300 e. The van der Waals surface area contributed by atoms with Gasteiger partial charge in [-0.05, 0) is 17.7 Å². The fourth-order valence-corrected chi connectivity index (χ4v) is 2.03. The zero-order valence-electron chi connectivity index (χ0n) is 11.1. The highest BCUT2D eigenvalue weighted by Crippen LogP contribution is 2.47. The predicted molar refractivity (Wildman–Crippen MR) is 66.0 cm³/mol. The molecule has 0 aromatic heterocycles. The van der Waals surface area contributed by atoms with Crippen molar-refractivity contribution in [3.05, 3.63) is 47.3 Å². The van der Waals surface area contributed by atoms with Crippen molar-refractivity contribution in [3.63, 3.8) is 0 Å². The number of alkyl halides is 2. The van der Waals surface area contributed by atoms with Crippen molar-refractivity contribution in [1.82, 2.24) is 0 Å². The van der Waals surface area contributed by atoms with E-state index < -0.39 is 35.1 Å². The fourth-order valence-electron chi connectivity index (χ4n) is 2.03. The van der Waals surface area contributed by atoms with Crippen LogP contribution in [0, 0.1) is 0 Å². The van der Waals surface area contributed by atoms with Crippen molar-refractivity contribution in [2.45, 2.75) is 12.0 Å². The first-order valence-electron chi connectivity index (χ1n) is 5.85. The van der Waals surface area contributed by atoms with Gasteiger partial charge in [-0.1, -0.05) is 12.1 Å². The zero-order chi connectivity index (χ0) is 15.8. The second kappa shape index (κ2) is 5.48. The van der Waals surface area contributed by atoms with Crippen molar-refractivity contribution < 1.29 is 31.4 Å². The van der Waals surface area contributed by atoms with Gasteiger partial charge in [0.25, 0.3) is 5.85 Å². The third-order valence-electron chi connectivity index (χ3n) is 3.18. The summed E-state index contributed by atoms with van der Waals surface area (Å²) in [5.41, 5.74) is -1.15. The van der Waals surface area contributed by atoms with Crippen LogP contribution in [0.3, 0.4) is 0 Å². The van der Waals surface area contributed by atoms with Gasteiger partial charge in [0.1, 0.15) is 5.75 Å². The number of benzene rings is 1. The summed E-state index contributed by atoms with van der Waals surface area (Å²) in [7, 11) is 1.97. The Hall–Kier alpha value is -1.89. The van der Waals surface area contributed by atoms with E-state index >= 15 is 0 Å². The van der Waals surface area contributed by atoms with Gasteiger partial charge in [-0.25, -0.2) is 22.0 Å². The predicted octanol–water partition coefficient (Wildman–Crippen LogP) is 4.19. The summed E-state index contributed by atoms with van der Waals surface area (Å²) in [6, 6.07) is 5.25. The Morgan fingerprint density at radius 3 is 2.33 bits per heavy atom. The van der Waals surface area contributed by atoms with Crippen LogP contribution in [0.4, 0.5) is 22.0 Å². The number of halogens is 5. The van der Waals surface area contributed by atoms with Gasteiger partial charge in [0.2, 0.25) is 5.83 Å².